The van der Waals surface area contributed by atoms with Gasteiger partial charge < -0.3 is 10.1 Å². The van der Waals surface area contributed by atoms with Crippen LogP contribution < -0.4 is 5.56 Å². The van der Waals surface area contributed by atoms with Gasteiger partial charge in [-0.15, -0.1) is 11.3 Å². The summed E-state index contributed by atoms with van der Waals surface area (Å²) in [4.78, 5) is 21.8. The van der Waals surface area contributed by atoms with Gasteiger partial charge in [-0.05, 0) is 43.4 Å². The molecule has 1 aromatic carbocycles. The monoisotopic (exact) mass is 366 g/mol. The molecule has 2 N–H and O–H groups in total. The van der Waals surface area contributed by atoms with Crippen molar-refractivity contribution in [3.05, 3.63) is 43.0 Å². The summed E-state index contributed by atoms with van der Waals surface area (Å²) in [5.41, 5.74) is 1.28. The van der Waals surface area contributed by atoms with Gasteiger partial charge in [-0.3, -0.25) is 4.79 Å². The third-order valence-electron chi connectivity index (χ3n) is 4.11. The van der Waals surface area contributed by atoms with Gasteiger partial charge in [0.1, 0.15) is 16.4 Å². The van der Waals surface area contributed by atoms with Crippen molar-refractivity contribution in [3.8, 4) is 17.1 Å². The van der Waals surface area contributed by atoms with Crippen molar-refractivity contribution in [2.24, 2.45) is 0 Å². The summed E-state index contributed by atoms with van der Waals surface area (Å²) in [5, 5.41) is 11.3. The highest BCUT2D eigenvalue weighted by Crippen LogP contribution is 2.38. The average molecular weight is 367 g/mol. The summed E-state index contributed by atoms with van der Waals surface area (Å²) in [7, 11) is 0. The zero-order chi connectivity index (χ0) is 16.1. The Morgan fingerprint density at radius 3 is 2.83 bits per heavy atom. The lowest BCUT2D eigenvalue weighted by molar-refractivity contribution is 0.477. The molecular formula is C16H12Cl2N2O2S. The number of hydrogen-bond donors (Lipinski definition) is 2. The van der Waals surface area contributed by atoms with E-state index in [0.717, 1.165) is 31.2 Å². The molecule has 1 aliphatic rings. The molecule has 0 spiro atoms. The van der Waals surface area contributed by atoms with E-state index >= 15 is 0 Å². The van der Waals surface area contributed by atoms with Gasteiger partial charge in [0.05, 0.1) is 16.0 Å². The number of phenolic OH excluding ortho intramolecular Hbond substituents is 1. The molecular weight excluding hydrogens is 355 g/mol. The van der Waals surface area contributed by atoms with E-state index in [1.807, 2.05) is 0 Å². The minimum absolute atomic E-state index is 0.126. The highest BCUT2D eigenvalue weighted by molar-refractivity contribution is 7.18. The number of benzene rings is 1. The van der Waals surface area contributed by atoms with Crippen LogP contribution in [0.25, 0.3) is 21.6 Å². The Labute approximate surface area is 145 Å². The molecule has 4 rings (SSSR count). The van der Waals surface area contributed by atoms with Crippen LogP contribution in [0.5, 0.6) is 5.75 Å². The molecule has 0 aliphatic heterocycles. The highest BCUT2D eigenvalue weighted by atomic mass is 35.5. The zero-order valence-corrected chi connectivity index (χ0v) is 14.3. The van der Waals surface area contributed by atoms with Crippen LogP contribution >= 0.6 is 34.5 Å². The first kappa shape index (κ1) is 15.0. The largest absolute Gasteiger partial charge is 0.506 e. The number of aromatic amines is 1. The fourth-order valence-electron chi connectivity index (χ4n) is 3.04. The smallest absolute Gasteiger partial charge is 0.260 e. The molecule has 0 saturated carbocycles. The van der Waals surface area contributed by atoms with Crippen LogP contribution in [0, 0.1) is 0 Å². The maximum absolute atomic E-state index is 12.6. The topological polar surface area (TPSA) is 66.0 Å². The summed E-state index contributed by atoms with van der Waals surface area (Å²) in [6.45, 7) is 0. The van der Waals surface area contributed by atoms with Crippen molar-refractivity contribution in [2.45, 2.75) is 25.7 Å². The molecule has 1 aliphatic carbocycles. The van der Waals surface area contributed by atoms with Gasteiger partial charge in [-0.25, -0.2) is 4.98 Å². The molecule has 118 valence electrons. The number of rotatable bonds is 1. The van der Waals surface area contributed by atoms with Gasteiger partial charge in [0.2, 0.25) is 0 Å². The maximum atomic E-state index is 12.6. The molecule has 2 heterocycles. The standard InChI is InChI=1S/C16H12Cl2N2O2S/c17-7-5-9(13(21)10(18)6-7)14-19-15(22)12-8-3-1-2-4-11(8)23-16(12)20-14/h5-6,21H,1-4H2,(H,19,20,22). The minimum Gasteiger partial charge on any atom is -0.506 e. The predicted octanol–water partition coefficient (Wildman–Crippen LogP) is 4.54. The number of phenols is 1. The molecule has 0 bridgehead atoms. The van der Waals surface area contributed by atoms with E-state index in [1.165, 1.54) is 10.9 Å². The van der Waals surface area contributed by atoms with E-state index < -0.39 is 0 Å². The lowest BCUT2D eigenvalue weighted by atomic mass is 9.97. The van der Waals surface area contributed by atoms with Gasteiger partial charge in [-0.2, -0.15) is 0 Å². The Balaban J connectivity index is 1.98. The van der Waals surface area contributed by atoms with E-state index in [1.54, 1.807) is 17.4 Å². The van der Waals surface area contributed by atoms with Crippen LogP contribution in [0.15, 0.2) is 16.9 Å². The molecule has 2 aromatic heterocycles. The van der Waals surface area contributed by atoms with Gasteiger partial charge in [0, 0.05) is 9.90 Å². The van der Waals surface area contributed by atoms with Gasteiger partial charge in [0.25, 0.3) is 5.56 Å². The summed E-state index contributed by atoms with van der Waals surface area (Å²) in [6, 6.07) is 2.99. The van der Waals surface area contributed by atoms with Crippen LogP contribution in [0.1, 0.15) is 23.3 Å². The lowest BCUT2D eigenvalue weighted by Gasteiger charge is -2.09. The molecule has 0 radical (unpaired) electrons. The molecule has 4 nitrogen and oxygen atoms in total. The Bertz CT molecular complexity index is 994. The van der Waals surface area contributed by atoms with E-state index in [-0.39, 0.29) is 22.2 Å². The Morgan fingerprint density at radius 2 is 2.00 bits per heavy atom. The number of halogens is 2. The third-order valence-corrected chi connectivity index (χ3v) is 5.80. The fourth-order valence-corrected chi connectivity index (χ4v) is 4.79. The summed E-state index contributed by atoms with van der Waals surface area (Å²) >= 11 is 13.5. The third kappa shape index (κ3) is 2.43. The van der Waals surface area contributed by atoms with Crippen molar-refractivity contribution in [2.75, 3.05) is 0 Å². The summed E-state index contributed by atoms with van der Waals surface area (Å²) < 4.78 is 0. The molecule has 0 fully saturated rings. The summed E-state index contributed by atoms with van der Waals surface area (Å²) in [6.07, 6.45) is 4.17. The van der Waals surface area contributed by atoms with Crippen molar-refractivity contribution in [1.29, 1.82) is 0 Å². The van der Waals surface area contributed by atoms with Crippen molar-refractivity contribution >= 4 is 44.8 Å². The van der Waals surface area contributed by atoms with Crippen LogP contribution in [-0.4, -0.2) is 15.1 Å². The number of hydrogen-bond acceptors (Lipinski definition) is 4. The van der Waals surface area contributed by atoms with Crippen molar-refractivity contribution in [1.82, 2.24) is 9.97 Å². The van der Waals surface area contributed by atoms with E-state index in [2.05, 4.69) is 9.97 Å². The molecule has 0 unspecified atom stereocenters. The van der Waals surface area contributed by atoms with E-state index in [0.29, 0.717) is 20.8 Å². The van der Waals surface area contributed by atoms with Crippen LogP contribution in [0.3, 0.4) is 0 Å². The van der Waals surface area contributed by atoms with Crippen LogP contribution in [0.2, 0.25) is 10.0 Å². The molecule has 0 saturated heterocycles. The Morgan fingerprint density at radius 1 is 1.22 bits per heavy atom. The van der Waals surface area contributed by atoms with Gasteiger partial charge in [0.15, 0.2) is 0 Å². The van der Waals surface area contributed by atoms with Gasteiger partial charge in [-0.1, -0.05) is 23.2 Å². The Hall–Kier alpha value is -1.56. The molecule has 7 heteroatoms. The molecule has 0 amide bonds. The SMILES string of the molecule is O=c1[nH]c(-c2cc(Cl)cc(Cl)c2O)nc2sc3c(c12)CCCC3. The second-order valence-electron chi connectivity index (χ2n) is 5.59. The van der Waals surface area contributed by atoms with Crippen molar-refractivity contribution in [3.63, 3.8) is 0 Å². The maximum Gasteiger partial charge on any atom is 0.260 e. The van der Waals surface area contributed by atoms with Crippen molar-refractivity contribution < 1.29 is 5.11 Å². The molecule has 0 atom stereocenters. The molecule has 3 aromatic rings. The number of aromatic hydroxyl groups is 1. The van der Waals surface area contributed by atoms with E-state index in [9.17, 15) is 9.90 Å². The second-order valence-corrected chi connectivity index (χ2v) is 7.52. The first-order chi connectivity index (χ1) is 11.0. The lowest BCUT2D eigenvalue weighted by Crippen LogP contribution is -2.11. The first-order valence-corrected chi connectivity index (χ1v) is 8.85. The number of fused-ring (bicyclic) bond motifs is 3. The fraction of sp³-hybridized carbons (Fsp3) is 0.250. The van der Waals surface area contributed by atoms with Gasteiger partial charge >= 0.3 is 0 Å². The van der Waals surface area contributed by atoms with Crippen LogP contribution in [-0.2, 0) is 12.8 Å². The normalized spacial score (nSPS) is 14.2. The minimum atomic E-state index is -0.181. The molecule has 23 heavy (non-hydrogen) atoms. The number of aromatic nitrogens is 2. The van der Waals surface area contributed by atoms with Crippen LogP contribution in [0.4, 0.5) is 0 Å². The number of thiophene rings is 1. The number of nitrogens with one attached hydrogen (secondary N) is 1. The predicted molar refractivity (Wildman–Crippen MR) is 94.0 cm³/mol. The number of nitrogens with zero attached hydrogens (tertiary/aromatic N) is 1. The quantitative estimate of drug-likeness (QED) is 0.664. The second kappa shape index (κ2) is 5.51. The Kier molecular flexibility index (Phi) is 3.59. The first-order valence-electron chi connectivity index (χ1n) is 7.27. The number of H-pyrrole nitrogens is 1. The highest BCUT2D eigenvalue weighted by Gasteiger charge is 2.21. The average Bonchev–Trinajstić information content (AvgIpc) is 2.89. The number of aryl methyl sites for hydroxylation is 2. The zero-order valence-electron chi connectivity index (χ0n) is 11.9. The van der Waals surface area contributed by atoms with E-state index in [4.69, 9.17) is 23.2 Å². The summed E-state index contributed by atoms with van der Waals surface area (Å²) in [5.74, 6) is 0.142.